The number of ether oxygens (including phenoxy) is 1. The summed E-state index contributed by atoms with van der Waals surface area (Å²) in [4.78, 5) is 0. The molecular formula is C28H29F2NO. The predicted octanol–water partition coefficient (Wildman–Crippen LogP) is 7.99. The van der Waals surface area contributed by atoms with E-state index in [1.165, 1.54) is 56.2 Å². The zero-order valence-electron chi connectivity index (χ0n) is 18.5. The van der Waals surface area contributed by atoms with E-state index in [1.54, 1.807) is 6.07 Å². The van der Waals surface area contributed by atoms with Gasteiger partial charge in [0.2, 0.25) is 5.82 Å². The van der Waals surface area contributed by atoms with Gasteiger partial charge in [-0.05, 0) is 47.2 Å². The first-order chi connectivity index (χ1) is 15.6. The average molecular weight is 434 g/mol. The van der Waals surface area contributed by atoms with Crippen LogP contribution >= 0.6 is 0 Å². The molecular weight excluding hydrogens is 404 g/mol. The van der Waals surface area contributed by atoms with Crippen molar-refractivity contribution in [2.75, 3.05) is 0 Å². The van der Waals surface area contributed by atoms with Crippen LogP contribution in [0.2, 0.25) is 0 Å². The van der Waals surface area contributed by atoms with Gasteiger partial charge in [0.1, 0.15) is 12.7 Å². The minimum atomic E-state index is -1.18. The normalized spacial score (nSPS) is 10.7. The van der Waals surface area contributed by atoms with Crippen LogP contribution in [-0.2, 0) is 13.0 Å². The molecule has 0 aliphatic heterocycles. The lowest BCUT2D eigenvalue weighted by Crippen LogP contribution is -2.00. The summed E-state index contributed by atoms with van der Waals surface area (Å²) in [6.07, 6.45) is 8.95. The van der Waals surface area contributed by atoms with Crippen molar-refractivity contribution in [3.8, 4) is 22.9 Å². The number of hydrogen-bond donors (Lipinski definition) is 0. The van der Waals surface area contributed by atoms with Crippen LogP contribution in [0.15, 0.2) is 60.7 Å². The number of nitriles is 1. The van der Waals surface area contributed by atoms with Gasteiger partial charge in [0.05, 0.1) is 5.56 Å². The van der Waals surface area contributed by atoms with Gasteiger partial charge in [-0.15, -0.1) is 0 Å². The predicted molar refractivity (Wildman–Crippen MR) is 124 cm³/mol. The maximum Gasteiger partial charge on any atom is 0.202 e. The highest BCUT2D eigenvalue weighted by Crippen LogP contribution is 2.25. The number of rotatable bonds is 11. The maximum atomic E-state index is 14.0. The van der Waals surface area contributed by atoms with Crippen LogP contribution in [0.3, 0.4) is 0 Å². The molecule has 0 heterocycles. The first-order valence-electron chi connectivity index (χ1n) is 11.3. The topological polar surface area (TPSA) is 33.0 Å². The summed E-state index contributed by atoms with van der Waals surface area (Å²) in [5.74, 6) is -2.52. The highest BCUT2D eigenvalue weighted by Gasteiger charge is 2.14. The fourth-order valence-corrected chi connectivity index (χ4v) is 3.66. The van der Waals surface area contributed by atoms with E-state index in [9.17, 15) is 8.78 Å². The van der Waals surface area contributed by atoms with Crippen molar-refractivity contribution < 1.29 is 13.5 Å². The lowest BCUT2D eigenvalue weighted by molar-refractivity contribution is 0.284. The van der Waals surface area contributed by atoms with Gasteiger partial charge in [-0.2, -0.15) is 9.65 Å². The molecule has 4 heteroatoms. The van der Waals surface area contributed by atoms with E-state index in [0.717, 1.165) is 23.1 Å². The highest BCUT2D eigenvalue weighted by molar-refractivity contribution is 5.64. The largest absolute Gasteiger partial charge is 0.486 e. The maximum absolute atomic E-state index is 14.0. The standard InChI is InChI=1S/C28H29F2NO/c1-2-3-4-5-6-7-8-21-9-13-23(14-10-21)24-15-11-22(12-16-24)20-32-26-18-17-25(19-31)27(29)28(26)30/h9-18H,2-8,20H2,1H3. The molecule has 2 nitrogen and oxygen atoms in total. The van der Waals surface area contributed by atoms with Crippen LogP contribution in [0.4, 0.5) is 8.78 Å². The molecule has 0 aliphatic rings. The summed E-state index contributed by atoms with van der Waals surface area (Å²) in [6.45, 7) is 2.35. The molecule has 166 valence electrons. The Morgan fingerprint density at radius 1 is 0.719 bits per heavy atom. The van der Waals surface area contributed by atoms with Crippen LogP contribution in [0.1, 0.15) is 62.1 Å². The number of halogens is 2. The second kappa shape index (κ2) is 12.0. The summed E-state index contributed by atoms with van der Waals surface area (Å²) >= 11 is 0. The molecule has 0 spiro atoms. The summed E-state index contributed by atoms with van der Waals surface area (Å²) in [6, 6.07) is 20.6. The average Bonchev–Trinajstić information content (AvgIpc) is 2.83. The number of nitrogens with zero attached hydrogens (tertiary/aromatic N) is 1. The summed E-state index contributed by atoms with van der Waals surface area (Å²) in [5, 5.41) is 8.75. The molecule has 0 bridgehead atoms. The van der Waals surface area contributed by atoms with Gasteiger partial charge in [0, 0.05) is 0 Å². The van der Waals surface area contributed by atoms with E-state index in [2.05, 4.69) is 31.2 Å². The van der Waals surface area contributed by atoms with Gasteiger partial charge < -0.3 is 4.74 Å². The van der Waals surface area contributed by atoms with E-state index < -0.39 is 11.6 Å². The molecule has 0 aliphatic carbocycles. The smallest absolute Gasteiger partial charge is 0.202 e. The zero-order valence-corrected chi connectivity index (χ0v) is 18.5. The second-order valence-electron chi connectivity index (χ2n) is 8.05. The Morgan fingerprint density at radius 2 is 1.31 bits per heavy atom. The number of hydrogen-bond acceptors (Lipinski definition) is 2. The first kappa shape index (κ1) is 23.5. The Hall–Kier alpha value is -3.19. The Bertz CT molecular complexity index is 1040. The van der Waals surface area contributed by atoms with Crippen LogP contribution in [0.5, 0.6) is 5.75 Å². The van der Waals surface area contributed by atoms with Crippen LogP contribution in [0.25, 0.3) is 11.1 Å². The van der Waals surface area contributed by atoms with Crippen molar-refractivity contribution >= 4 is 0 Å². The molecule has 3 aromatic rings. The van der Waals surface area contributed by atoms with E-state index in [-0.39, 0.29) is 17.9 Å². The molecule has 0 N–H and O–H groups in total. The van der Waals surface area contributed by atoms with E-state index in [0.29, 0.717) is 0 Å². The molecule has 0 saturated heterocycles. The van der Waals surface area contributed by atoms with E-state index in [4.69, 9.17) is 10.00 Å². The van der Waals surface area contributed by atoms with Crippen molar-refractivity contribution in [3.05, 3.63) is 89.0 Å². The van der Waals surface area contributed by atoms with Crippen molar-refractivity contribution in [2.45, 2.75) is 58.5 Å². The molecule has 3 rings (SSSR count). The number of aryl methyl sites for hydroxylation is 1. The van der Waals surface area contributed by atoms with Gasteiger partial charge >= 0.3 is 0 Å². The molecule has 3 aromatic carbocycles. The molecule has 0 unspecified atom stereocenters. The van der Waals surface area contributed by atoms with Crippen molar-refractivity contribution in [3.63, 3.8) is 0 Å². The van der Waals surface area contributed by atoms with Crippen LogP contribution in [-0.4, -0.2) is 0 Å². The third kappa shape index (κ3) is 6.40. The first-order valence-corrected chi connectivity index (χ1v) is 11.3. The third-order valence-electron chi connectivity index (χ3n) is 5.62. The molecule has 0 fully saturated rings. The summed E-state index contributed by atoms with van der Waals surface area (Å²) < 4.78 is 33.1. The number of unbranched alkanes of at least 4 members (excludes halogenated alkanes) is 5. The molecule has 32 heavy (non-hydrogen) atoms. The second-order valence-corrected chi connectivity index (χ2v) is 8.05. The third-order valence-corrected chi connectivity index (χ3v) is 5.62. The minimum Gasteiger partial charge on any atom is -0.486 e. The summed E-state index contributed by atoms with van der Waals surface area (Å²) in [5.41, 5.74) is 4.11. The lowest BCUT2D eigenvalue weighted by Gasteiger charge is -2.09. The van der Waals surface area contributed by atoms with Gasteiger partial charge in [0.25, 0.3) is 0 Å². The van der Waals surface area contributed by atoms with Gasteiger partial charge in [-0.3, -0.25) is 0 Å². The van der Waals surface area contributed by atoms with E-state index in [1.807, 2.05) is 24.3 Å². The molecule has 0 saturated carbocycles. The quantitative estimate of drug-likeness (QED) is 0.287. The fourth-order valence-electron chi connectivity index (χ4n) is 3.66. The van der Waals surface area contributed by atoms with E-state index >= 15 is 0 Å². The lowest BCUT2D eigenvalue weighted by atomic mass is 10.00. The van der Waals surface area contributed by atoms with Crippen molar-refractivity contribution in [1.29, 1.82) is 5.26 Å². The van der Waals surface area contributed by atoms with Gasteiger partial charge in [-0.25, -0.2) is 4.39 Å². The van der Waals surface area contributed by atoms with Gasteiger partial charge in [-0.1, -0.05) is 87.6 Å². The Kier molecular flexibility index (Phi) is 8.80. The zero-order chi connectivity index (χ0) is 22.8. The van der Waals surface area contributed by atoms with Crippen LogP contribution in [0, 0.1) is 23.0 Å². The molecule has 0 radical (unpaired) electrons. The highest BCUT2D eigenvalue weighted by atomic mass is 19.2. The van der Waals surface area contributed by atoms with Gasteiger partial charge in [0.15, 0.2) is 11.6 Å². The summed E-state index contributed by atoms with van der Waals surface area (Å²) in [7, 11) is 0. The molecule has 0 atom stereocenters. The molecule has 0 amide bonds. The SMILES string of the molecule is CCCCCCCCc1ccc(-c2ccc(COc3ccc(C#N)c(F)c3F)cc2)cc1. The fraction of sp³-hybridized carbons (Fsp3) is 0.321. The van der Waals surface area contributed by atoms with Crippen molar-refractivity contribution in [1.82, 2.24) is 0 Å². The number of benzene rings is 3. The molecule has 0 aromatic heterocycles. The minimum absolute atomic E-state index is 0.111. The van der Waals surface area contributed by atoms with Crippen molar-refractivity contribution in [2.24, 2.45) is 0 Å². The Labute approximate surface area is 189 Å². The monoisotopic (exact) mass is 433 g/mol. The Morgan fingerprint density at radius 3 is 1.94 bits per heavy atom. The Balaban J connectivity index is 1.52. The van der Waals surface area contributed by atoms with Crippen LogP contribution < -0.4 is 4.74 Å².